The first-order valence-electron chi connectivity index (χ1n) is 8.76. The van der Waals surface area contributed by atoms with Gasteiger partial charge in [0.2, 0.25) is 0 Å². The number of hydrogen-bond donors (Lipinski definition) is 0. The fraction of sp³-hybridized carbons (Fsp3) is 0.450. The van der Waals surface area contributed by atoms with Crippen LogP contribution in [0.2, 0.25) is 0 Å². The number of hydrogen-bond acceptors (Lipinski definition) is 5. The highest BCUT2D eigenvalue weighted by Crippen LogP contribution is 2.24. The molecule has 0 spiro atoms. The van der Waals surface area contributed by atoms with Gasteiger partial charge in [-0.25, -0.2) is 9.97 Å². The van der Waals surface area contributed by atoms with E-state index in [-0.39, 0.29) is 5.97 Å². The zero-order valence-electron chi connectivity index (χ0n) is 14.6. The van der Waals surface area contributed by atoms with Crippen LogP contribution in [-0.2, 0) is 40.1 Å². The van der Waals surface area contributed by atoms with Crippen LogP contribution in [0.25, 0.3) is 0 Å². The Labute approximate surface area is 148 Å². The summed E-state index contributed by atoms with van der Waals surface area (Å²) in [6.45, 7) is 1.42. The van der Waals surface area contributed by atoms with E-state index in [0.717, 1.165) is 37.4 Å². The minimum absolute atomic E-state index is 0.225. The number of aryl methyl sites for hydroxylation is 2. The zero-order valence-corrected chi connectivity index (χ0v) is 14.6. The second-order valence-electron chi connectivity index (χ2n) is 6.44. The Morgan fingerprint density at radius 1 is 1.28 bits per heavy atom. The van der Waals surface area contributed by atoms with Gasteiger partial charge in [-0.3, -0.25) is 4.79 Å². The topological polar surface area (TPSA) is 61.3 Å². The smallest absolute Gasteiger partial charge is 0.305 e. The first-order chi connectivity index (χ1) is 12.2. The number of ether oxygens (including phenoxy) is 2. The molecule has 5 nitrogen and oxygen atoms in total. The van der Waals surface area contributed by atoms with Crippen LogP contribution in [0.15, 0.2) is 36.5 Å². The van der Waals surface area contributed by atoms with E-state index in [1.807, 2.05) is 24.4 Å². The standard InChI is InChI=1S/C20H24N2O3/c1-24-20(23)10-9-19-21-12-17-11-16(7-8-18(17)22-19)14-25-13-15-5-3-2-4-6-15/h2-6,12,16H,7-11,13-14H2,1H3. The van der Waals surface area contributed by atoms with Gasteiger partial charge in [0.05, 0.1) is 26.7 Å². The molecule has 0 saturated heterocycles. The van der Waals surface area contributed by atoms with Gasteiger partial charge in [0, 0.05) is 18.3 Å². The maximum atomic E-state index is 11.2. The number of methoxy groups -OCH3 is 1. The van der Waals surface area contributed by atoms with E-state index < -0.39 is 0 Å². The first kappa shape index (κ1) is 17.5. The Morgan fingerprint density at radius 2 is 2.12 bits per heavy atom. The molecule has 0 saturated carbocycles. The lowest BCUT2D eigenvalue weighted by molar-refractivity contribution is -0.140. The van der Waals surface area contributed by atoms with Crippen molar-refractivity contribution in [1.29, 1.82) is 0 Å². The molecule has 0 amide bonds. The lowest BCUT2D eigenvalue weighted by atomic mass is 9.88. The van der Waals surface area contributed by atoms with Crippen molar-refractivity contribution < 1.29 is 14.3 Å². The number of esters is 1. The van der Waals surface area contributed by atoms with Gasteiger partial charge in [0.15, 0.2) is 0 Å². The van der Waals surface area contributed by atoms with Crippen LogP contribution in [0.5, 0.6) is 0 Å². The highest BCUT2D eigenvalue weighted by atomic mass is 16.5. The molecule has 3 rings (SSSR count). The summed E-state index contributed by atoms with van der Waals surface area (Å²) in [5, 5.41) is 0. The summed E-state index contributed by atoms with van der Waals surface area (Å²) in [6.07, 6.45) is 5.76. The lowest BCUT2D eigenvalue weighted by Gasteiger charge is -2.23. The van der Waals surface area contributed by atoms with Crippen molar-refractivity contribution in [3.63, 3.8) is 0 Å². The van der Waals surface area contributed by atoms with Gasteiger partial charge in [0.1, 0.15) is 5.82 Å². The molecule has 1 aromatic heterocycles. The van der Waals surface area contributed by atoms with E-state index in [4.69, 9.17) is 4.74 Å². The molecular formula is C20H24N2O3. The van der Waals surface area contributed by atoms with Crippen LogP contribution in [0.1, 0.15) is 35.5 Å². The molecule has 0 radical (unpaired) electrons. The molecule has 0 fully saturated rings. The summed E-state index contributed by atoms with van der Waals surface area (Å²) in [7, 11) is 1.40. The van der Waals surface area contributed by atoms with Crippen molar-refractivity contribution in [3.05, 3.63) is 59.2 Å². The summed E-state index contributed by atoms with van der Waals surface area (Å²) in [5.74, 6) is 1.01. The molecule has 0 bridgehead atoms. The molecule has 1 unspecified atom stereocenters. The van der Waals surface area contributed by atoms with Crippen LogP contribution in [-0.4, -0.2) is 29.7 Å². The Balaban J connectivity index is 1.49. The van der Waals surface area contributed by atoms with Crippen molar-refractivity contribution in [2.45, 2.75) is 38.7 Å². The normalized spacial score (nSPS) is 16.3. The Hall–Kier alpha value is -2.27. The summed E-state index contributed by atoms with van der Waals surface area (Å²) < 4.78 is 10.5. The number of benzene rings is 1. The van der Waals surface area contributed by atoms with E-state index in [2.05, 4.69) is 26.8 Å². The van der Waals surface area contributed by atoms with Crippen LogP contribution < -0.4 is 0 Å². The summed E-state index contributed by atoms with van der Waals surface area (Å²) in [6, 6.07) is 10.2. The van der Waals surface area contributed by atoms with Gasteiger partial charge in [0.25, 0.3) is 0 Å². The molecule has 1 aromatic carbocycles. The van der Waals surface area contributed by atoms with Gasteiger partial charge in [-0.15, -0.1) is 0 Å². The van der Waals surface area contributed by atoms with E-state index in [0.29, 0.717) is 25.4 Å². The maximum Gasteiger partial charge on any atom is 0.305 e. The van der Waals surface area contributed by atoms with E-state index in [1.165, 1.54) is 18.2 Å². The molecular weight excluding hydrogens is 316 g/mol. The third-order valence-corrected chi connectivity index (χ3v) is 4.55. The number of rotatable bonds is 7. The quantitative estimate of drug-likeness (QED) is 0.725. The Morgan fingerprint density at radius 3 is 2.92 bits per heavy atom. The summed E-state index contributed by atoms with van der Waals surface area (Å²) in [4.78, 5) is 20.3. The Kier molecular flexibility index (Phi) is 6.12. The number of carbonyl (C=O) groups is 1. The fourth-order valence-electron chi connectivity index (χ4n) is 3.12. The van der Waals surface area contributed by atoms with Crippen LogP contribution >= 0.6 is 0 Å². The number of aromatic nitrogens is 2. The predicted octanol–water partition coefficient (Wildman–Crippen LogP) is 2.90. The highest BCUT2D eigenvalue weighted by Gasteiger charge is 2.21. The molecule has 0 N–H and O–H groups in total. The van der Waals surface area contributed by atoms with E-state index in [9.17, 15) is 4.79 Å². The van der Waals surface area contributed by atoms with Gasteiger partial charge in [-0.2, -0.15) is 0 Å². The highest BCUT2D eigenvalue weighted by molar-refractivity contribution is 5.69. The van der Waals surface area contributed by atoms with Crippen molar-refractivity contribution in [3.8, 4) is 0 Å². The van der Waals surface area contributed by atoms with Gasteiger partial charge in [-0.1, -0.05) is 30.3 Å². The predicted molar refractivity (Wildman–Crippen MR) is 94.0 cm³/mol. The third kappa shape index (κ3) is 5.10. The van der Waals surface area contributed by atoms with Gasteiger partial charge < -0.3 is 9.47 Å². The molecule has 1 atom stereocenters. The van der Waals surface area contributed by atoms with Crippen molar-refractivity contribution in [1.82, 2.24) is 9.97 Å². The number of fused-ring (bicyclic) bond motifs is 1. The third-order valence-electron chi connectivity index (χ3n) is 4.55. The first-order valence-corrected chi connectivity index (χ1v) is 8.76. The molecule has 1 aliphatic rings. The minimum Gasteiger partial charge on any atom is -0.469 e. The van der Waals surface area contributed by atoms with Gasteiger partial charge >= 0.3 is 5.97 Å². The van der Waals surface area contributed by atoms with Crippen molar-refractivity contribution in [2.75, 3.05) is 13.7 Å². The Bertz CT molecular complexity index is 703. The van der Waals surface area contributed by atoms with E-state index in [1.54, 1.807) is 0 Å². The van der Waals surface area contributed by atoms with Crippen LogP contribution in [0.3, 0.4) is 0 Å². The molecule has 5 heteroatoms. The number of nitrogens with zero attached hydrogens (tertiary/aromatic N) is 2. The van der Waals surface area contributed by atoms with E-state index >= 15 is 0 Å². The summed E-state index contributed by atoms with van der Waals surface area (Å²) >= 11 is 0. The molecule has 25 heavy (non-hydrogen) atoms. The van der Waals surface area contributed by atoms with Crippen LogP contribution in [0, 0.1) is 5.92 Å². The molecule has 2 aromatic rings. The lowest BCUT2D eigenvalue weighted by Crippen LogP contribution is -2.21. The average Bonchev–Trinajstić information content (AvgIpc) is 2.66. The average molecular weight is 340 g/mol. The zero-order chi connectivity index (χ0) is 17.5. The molecule has 1 heterocycles. The SMILES string of the molecule is COC(=O)CCc1ncc2c(n1)CCC(COCc1ccccc1)C2. The van der Waals surface area contributed by atoms with Crippen LogP contribution in [0.4, 0.5) is 0 Å². The number of carbonyl (C=O) groups excluding carboxylic acids is 1. The monoisotopic (exact) mass is 340 g/mol. The molecule has 0 aliphatic heterocycles. The summed E-state index contributed by atoms with van der Waals surface area (Å²) in [5.41, 5.74) is 3.54. The minimum atomic E-state index is -0.225. The maximum absolute atomic E-state index is 11.2. The van der Waals surface area contributed by atoms with Gasteiger partial charge in [-0.05, 0) is 36.3 Å². The van der Waals surface area contributed by atoms with Crippen molar-refractivity contribution in [2.24, 2.45) is 5.92 Å². The molecule has 132 valence electrons. The fourth-order valence-corrected chi connectivity index (χ4v) is 3.12. The second kappa shape index (κ2) is 8.72. The van der Waals surface area contributed by atoms with Crippen molar-refractivity contribution >= 4 is 5.97 Å². The largest absolute Gasteiger partial charge is 0.469 e. The molecule has 1 aliphatic carbocycles. The second-order valence-corrected chi connectivity index (χ2v) is 6.44.